The lowest BCUT2D eigenvalue weighted by molar-refractivity contribution is -0.162. The van der Waals surface area contributed by atoms with Gasteiger partial charge < -0.3 is 26.7 Å². The number of hydrogen-bond acceptors (Lipinski definition) is 7. The molecule has 2 aromatic carbocycles. The Morgan fingerprint density at radius 2 is 1.69 bits per heavy atom. The van der Waals surface area contributed by atoms with E-state index in [1.54, 1.807) is 54.6 Å². The maximum Gasteiger partial charge on any atom is 0.324 e. The van der Waals surface area contributed by atoms with E-state index >= 15 is 0 Å². The van der Waals surface area contributed by atoms with E-state index in [0.717, 1.165) is 0 Å². The Morgan fingerprint density at radius 3 is 2.24 bits per heavy atom. The fourth-order valence-corrected chi connectivity index (χ4v) is 2.91. The minimum Gasteiger partial charge on any atom is -0.393 e. The van der Waals surface area contributed by atoms with Crippen molar-refractivity contribution in [1.82, 2.24) is 0 Å². The number of rotatable bonds is 9. The van der Waals surface area contributed by atoms with Gasteiger partial charge in [0.2, 0.25) is 0 Å². The third-order valence-electron chi connectivity index (χ3n) is 4.46. The highest BCUT2D eigenvalue weighted by atomic mass is 16.6. The van der Waals surface area contributed by atoms with Crippen LogP contribution in [0.4, 0.5) is 0 Å². The van der Waals surface area contributed by atoms with E-state index in [4.69, 9.17) is 27.3 Å². The topological polar surface area (TPSA) is 162 Å². The molecule has 8 heteroatoms. The summed E-state index contributed by atoms with van der Waals surface area (Å²) >= 11 is 0. The molecule has 1 unspecified atom stereocenters. The Bertz CT molecular complexity index is 879. The molecule has 7 N–H and O–H groups in total. The number of esters is 2. The van der Waals surface area contributed by atoms with Crippen molar-refractivity contribution in [3.05, 3.63) is 71.3 Å². The molecule has 2 aromatic rings. The Morgan fingerprint density at radius 1 is 1.07 bits per heavy atom. The van der Waals surface area contributed by atoms with Gasteiger partial charge >= 0.3 is 11.9 Å². The van der Waals surface area contributed by atoms with E-state index in [1.165, 1.54) is 0 Å². The molecule has 0 aromatic heterocycles. The van der Waals surface area contributed by atoms with E-state index in [9.17, 15) is 14.4 Å². The molecule has 152 valence electrons. The Hall–Kier alpha value is -3.36. The fraction of sp³-hybridized carbons (Fsp3) is 0.238. The molecule has 0 saturated carbocycles. The summed E-state index contributed by atoms with van der Waals surface area (Å²) < 4.78 is 4.98. The molecule has 8 nitrogen and oxygen atoms in total. The van der Waals surface area contributed by atoms with Crippen molar-refractivity contribution in [2.75, 3.05) is 0 Å². The second-order valence-corrected chi connectivity index (χ2v) is 6.62. The SMILES string of the molecule is N=C(N)c1ccc(C(C(=O)OC(=O)CCCC=O)C(N)(N)c2ccccc2)cc1. The molecule has 0 bridgehead atoms. The smallest absolute Gasteiger partial charge is 0.324 e. The van der Waals surface area contributed by atoms with Crippen molar-refractivity contribution in [2.45, 2.75) is 30.8 Å². The molecule has 0 amide bonds. The summed E-state index contributed by atoms with van der Waals surface area (Å²) in [7, 11) is 0. The summed E-state index contributed by atoms with van der Waals surface area (Å²) in [5, 5.41) is 7.50. The van der Waals surface area contributed by atoms with Gasteiger partial charge in [0.15, 0.2) is 0 Å². The van der Waals surface area contributed by atoms with Crippen LogP contribution in [0.3, 0.4) is 0 Å². The molecule has 2 rings (SSSR count). The van der Waals surface area contributed by atoms with Crippen molar-refractivity contribution < 1.29 is 19.1 Å². The predicted octanol–water partition coefficient (Wildman–Crippen LogP) is 1.26. The van der Waals surface area contributed by atoms with Gasteiger partial charge in [-0.3, -0.25) is 15.0 Å². The number of nitrogens with two attached hydrogens (primary N) is 3. The number of hydrogen-bond donors (Lipinski definition) is 4. The van der Waals surface area contributed by atoms with Gasteiger partial charge in [-0.1, -0.05) is 54.6 Å². The van der Waals surface area contributed by atoms with Crippen LogP contribution in [0.5, 0.6) is 0 Å². The van der Waals surface area contributed by atoms with Crippen LogP contribution in [0, 0.1) is 5.41 Å². The van der Waals surface area contributed by atoms with Gasteiger partial charge in [-0.15, -0.1) is 0 Å². The first-order valence-corrected chi connectivity index (χ1v) is 9.03. The Balaban J connectivity index is 2.37. The van der Waals surface area contributed by atoms with Crippen LogP contribution < -0.4 is 17.2 Å². The van der Waals surface area contributed by atoms with Gasteiger partial charge in [-0.25, -0.2) is 0 Å². The van der Waals surface area contributed by atoms with Crippen molar-refractivity contribution in [3.8, 4) is 0 Å². The monoisotopic (exact) mass is 396 g/mol. The van der Waals surface area contributed by atoms with E-state index < -0.39 is 23.5 Å². The molecular weight excluding hydrogens is 372 g/mol. The number of benzene rings is 2. The second-order valence-electron chi connectivity index (χ2n) is 6.62. The number of amidine groups is 1. The van der Waals surface area contributed by atoms with Gasteiger partial charge in [0.1, 0.15) is 23.7 Å². The molecule has 0 fully saturated rings. The summed E-state index contributed by atoms with van der Waals surface area (Å²) in [5.41, 5.74) is 17.9. The second kappa shape index (κ2) is 9.72. The highest BCUT2D eigenvalue weighted by Crippen LogP contribution is 2.32. The molecular formula is C21H24N4O4. The zero-order chi connectivity index (χ0) is 21.4. The third-order valence-corrected chi connectivity index (χ3v) is 4.46. The highest BCUT2D eigenvalue weighted by Gasteiger charge is 2.41. The number of unbranched alkanes of at least 4 members (excludes halogenated alkanes) is 1. The highest BCUT2D eigenvalue weighted by molar-refractivity contribution is 5.95. The van der Waals surface area contributed by atoms with Gasteiger partial charge in [-0.05, 0) is 17.5 Å². The summed E-state index contributed by atoms with van der Waals surface area (Å²) in [5.74, 6) is -2.98. The number of nitrogens with one attached hydrogen (secondary N) is 1. The van der Waals surface area contributed by atoms with Gasteiger partial charge in [-0.2, -0.15) is 0 Å². The van der Waals surface area contributed by atoms with Gasteiger partial charge in [0.25, 0.3) is 0 Å². The van der Waals surface area contributed by atoms with E-state index in [-0.39, 0.29) is 25.1 Å². The molecule has 1 atom stereocenters. The van der Waals surface area contributed by atoms with E-state index in [1.807, 2.05) is 0 Å². The van der Waals surface area contributed by atoms with Gasteiger partial charge in [0, 0.05) is 18.4 Å². The minimum absolute atomic E-state index is 0.0754. The van der Waals surface area contributed by atoms with E-state index in [2.05, 4.69) is 0 Å². The largest absolute Gasteiger partial charge is 0.393 e. The number of ether oxygens (including phenoxy) is 1. The lowest BCUT2D eigenvalue weighted by atomic mass is 9.82. The minimum atomic E-state index is -1.67. The molecule has 0 radical (unpaired) electrons. The first-order chi connectivity index (χ1) is 13.8. The molecule has 0 aliphatic carbocycles. The van der Waals surface area contributed by atoms with Crippen LogP contribution in [0.25, 0.3) is 0 Å². The molecule has 29 heavy (non-hydrogen) atoms. The number of carbonyl (C=O) groups excluding carboxylic acids is 3. The standard InChI is InChI=1S/C21H24N4O4/c22-19(23)15-11-9-14(10-12-15)18(20(28)29-17(27)8-4-5-13-26)21(24,25)16-6-2-1-3-7-16/h1-3,6-7,9-13,18H,4-5,8,24-25H2,(H3,22,23). The molecule has 0 aliphatic heterocycles. The lowest BCUT2D eigenvalue weighted by Gasteiger charge is -2.33. The van der Waals surface area contributed by atoms with Crippen molar-refractivity contribution >= 4 is 24.1 Å². The van der Waals surface area contributed by atoms with Crippen LogP contribution in [-0.2, 0) is 24.8 Å². The summed E-state index contributed by atoms with van der Waals surface area (Å²) in [6.07, 6.45) is 1.09. The third kappa shape index (κ3) is 5.56. The van der Waals surface area contributed by atoms with Crippen molar-refractivity contribution in [3.63, 3.8) is 0 Å². The predicted molar refractivity (Wildman–Crippen MR) is 108 cm³/mol. The molecule has 0 aliphatic rings. The van der Waals surface area contributed by atoms with Crippen molar-refractivity contribution in [1.29, 1.82) is 5.41 Å². The van der Waals surface area contributed by atoms with Crippen LogP contribution in [0.2, 0.25) is 0 Å². The fourth-order valence-electron chi connectivity index (χ4n) is 2.91. The molecule has 0 spiro atoms. The van der Waals surface area contributed by atoms with E-state index in [0.29, 0.717) is 23.0 Å². The maximum absolute atomic E-state index is 12.9. The maximum atomic E-state index is 12.9. The zero-order valence-electron chi connectivity index (χ0n) is 15.8. The number of nitrogen functional groups attached to an aromatic ring is 1. The van der Waals surface area contributed by atoms with Crippen molar-refractivity contribution in [2.24, 2.45) is 17.2 Å². The number of carbonyl (C=O) groups is 3. The average Bonchev–Trinajstić information content (AvgIpc) is 2.69. The van der Waals surface area contributed by atoms with Crippen LogP contribution in [0.1, 0.15) is 41.9 Å². The van der Waals surface area contributed by atoms with Crippen LogP contribution in [-0.4, -0.2) is 24.1 Å². The first kappa shape index (κ1) is 21.9. The number of aldehydes is 1. The molecule has 0 saturated heterocycles. The Labute approximate surface area is 168 Å². The zero-order valence-corrected chi connectivity index (χ0v) is 15.8. The molecule has 0 heterocycles. The average molecular weight is 396 g/mol. The summed E-state index contributed by atoms with van der Waals surface area (Å²) in [6, 6.07) is 14.9. The van der Waals surface area contributed by atoms with Gasteiger partial charge in [0.05, 0.1) is 0 Å². The normalized spacial score (nSPS) is 12.1. The summed E-state index contributed by atoms with van der Waals surface area (Å²) in [6.45, 7) is 0. The summed E-state index contributed by atoms with van der Waals surface area (Å²) in [4.78, 5) is 35.3. The lowest BCUT2D eigenvalue weighted by Crippen LogP contribution is -2.54. The Kier molecular flexibility index (Phi) is 7.35. The quantitative estimate of drug-likeness (QED) is 0.0943. The van der Waals surface area contributed by atoms with Crippen LogP contribution in [0.15, 0.2) is 54.6 Å². The van der Waals surface area contributed by atoms with Crippen LogP contribution >= 0.6 is 0 Å². The first-order valence-electron chi connectivity index (χ1n) is 9.03.